The standard InChI is InChI=1S/C15H23N3O2S/c1-4-17-7-9-18(10-8-17)15(21)16-13-6-5-12(19-2)11-14(13)20-3/h5-6,11H,4,7-10H2,1-3H3,(H,16,21). The Morgan fingerprint density at radius 3 is 2.48 bits per heavy atom. The molecule has 116 valence electrons. The topological polar surface area (TPSA) is 37.0 Å². The van der Waals surface area contributed by atoms with Crippen molar-refractivity contribution in [3.05, 3.63) is 18.2 Å². The number of thiocarbonyl (C=S) groups is 1. The van der Waals surface area contributed by atoms with Gasteiger partial charge in [-0.1, -0.05) is 6.92 Å². The number of methoxy groups -OCH3 is 2. The molecule has 0 bridgehead atoms. The number of rotatable bonds is 4. The molecule has 0 radical (unpaired) electrons. The Morgan fingerprint density at radius 1 is 1.19 bits per heavy atom. The molecule has 0 atom stereocenters. The zero-order valence-electron chi connectivity index (χ0n) is 12.9. The van der Waals surface area contributed by atoms with E-state index in [4.69, 9.17) is 21.7 Å². The fraction of sp³-hybridized carbons (Fsp3) is 0.533. The minimum Gasteiger partial charge on any atom is -0.497 e. The molecule has 0 amide bonds. The van der Waals surface area contributed by atoms with Crippen molar-refractivity contribution in [3.63, 3.8) is 0 Å². The Balaban J connectivity index is 1.99. The third kappa shape index (κ3) is 3.98. The Hall–Kier alpha value is -1.53. The molecule has 5 nitrogen and oxygen atoms in total. The van der Waals surface area contributed by atoms with Crippen molar-refractivity contribution in [1.82, 2.24) is 9.80 Å². The smallest absolute Gasteiger partial charge is 0.173 e. The van der Waals surface area contributed by atoms with Crippen molar-refractivity contribution in [2.24, 2.45) is 0 Å². The molecule has 0 spiro atoms. The molecule has 21 heavy (non-hydrogen) atoms. The summed E-state index contributed by atoms with van der Waals surface area (Å²) in [6.45, 7) is 7.31. The van der Waals surface area contributed by atoms with Crippen LogP contribution in [0.4, 0.5) is 5.69 Å². The predicted molar refractivity (Wildman–Crippen MR) is 89.5 cm³/mol. The number of anilines is 1. The monoisotopic (exact) mass is 309 g/mol. The van der Waals surface area contributed by atoms with E-state index in [1.165, 1.54) is 0 Å². The number of hydrogen-bond donors (Lipinski definition) is 1. The lowest BCUT2D eigenvalue weighted by atomic mass is 10.2. The molecular formula is C15H23N3O2S. The first kappa shape index (κ1) is 15.9. The van der Waals surface area contributed by atoms with Gasteiger partial charge in [0, 0.05) is 32.2 Å². The van der Waals surface area contributed by atoms with E-state index in [-0.39, 0.29) is 0 Å². The molecule has 1 aliphatic heterocycles. The normalized spacial score (nSPS) is 15.7. The lowest BCUT2D eigenvalue weighted by Gasteiger charge is -2.35. The van der Waals surface area contributed by atoms with E-state index in [9.17, 15) is 0 Å². The van der Waals surface area contributed by atoms with Gasteiger partial charge in [-0.15, -0.1) is 0 Å². The highest BCUT2D eigenvalue weighted by atomic mass is 32.1. The largest absolute Gasteiger partial charge is 0.497 e. The van der Waals surface area contributed by atoms with E-state index in [1.807, 2.05) is 18.2 Å². The van der Waals surface area contributed by atoms with Gasteiger partial charge in [0.1, 0.15) is 11.5 Å². The third-order valence-electron chi connectivity index (χ3n) is 3.76. The van der Waals surface area contributed by atoms with Crippen LogP contribution in [0.25, 0.3) is 0 Å². The van der Waals surface area contributed by atoms with Crippen LogP contribution in [0.3, 0.4) is 0 Å². The third-order valence-corrected chi connectivity index (χ3v) is 4.12. The molecule has 1 heterocycles. The van der Waals surface area contributed by atoms with Crippen LogP contribution in [-0.4, -0.2) is 61.9 Å². The van der Waals surface area contributed by atoms with E-state index in [0.29, 0.717) is 0 Å². The van der Waals surface area contributed by atoms with Crippen LogP contribution >= 0.6 is 12.2 Å². The zero-order valence-corrected chi connectivity index (χ0v) is 13.7. The van der Waals surface area contributed by atoms with Crippen LogP contribution < -0.4 is 14.8 Å². The van der Waals surface area contributed by atoms with Crippen LogP contribution in [-0.2, 0) is 0 Å². The molecule has 0 aliphatic carbocycles. The maximum atomic E-state index is 5.51. The zero-order chi connectivity index (χ0) is 15.2. The van der Waals surface area contributed by atoms with Crippen molar-refractivity contribution < 1.29 is 9.47 Å². The number of hydrogen-bond acceptors (Lipinski definition) is 4. The van der Waals surface area contributed by atoms with E-state index in [2.05, 4.69) is 22.0 Å². The Bertz CT molecular complexity index is 488. The van der Waals surface area contributed by atoms with Crippen LogP contribution in [0.2, 0.25) is 0 Å². The van der Waals surface area contributed by atoms with Gasteiger partial charge in [-0.2, -0.15) is 0 Å². The molecule has 1 N–H and O–H groups in total. The van der Waals surface area contributed by atoms with E-state index < -0.39 is 0 Å². The van der Waals surface area contributed by atoms with Crippen molar-refractivity contribution in [3.8, 4) is 11.5 Å². The van der Waals surface area contributed by atoms with Gasteiger partial charge in [-0.25, -0.2) is 0 Å². The second-order valence-corrected chi connectivity index (χ2v) is 5.30. The average Bonchev–Trinajstić information content (AvgIpc) is 2.55. The fourth-order valence-electron chi connectivity index (χ4n) is 2.36. The molecule has 1 saturated heterocycles. The number of ether oxygens (including phenoxy) is 2. The molecule has 1 fully saturated rings. The van der Waals surface area contributed by atoms with Gasteiger partial charge in [0.2, 0.25) is 0 Å². The molecule has 0 aromatic heterocycles. The van der Waals surface area contributed by atoms with Crippen LogP contribution in [0.5, 0.6) is 11.5 Å². The van der Waals surface area contributed by atoms with Gasteiger partial charge >= 0.3 is 0 Å². The molecule has 6 heteroatoms. The highest BCUT2D eigenvalue weighted by Gasteiger charge is 2.18. The van der Waals surface area contributed by atoms with Gasteiger partial charge in [-0.05, 0) is 30.9 Å². The number of nitrogens with zero attached hydrogens (tertiary/aromatic N) is 2. The Kier molecular flexibility index (Phi) is 5.64. The van der Waals surface area contributed by atoms with Crippen LogP contribution in [0.1, 0.15) is 6.92 Å². The van der Waals surface area contributed by atoms with Gasteiger partial charge in [-0.3, -0.25) is 0 Å². The second kappa shape index (κ2) is 7.47. The average molecular weight is 309 g/mol. The summed E-state index contributed by atoms with van der Waals surface area (Å²) in [6, 6.07) is 5.66. The Labute approximate surface area is 131 Å². The summed E-state index contributed by atoms with van der Waals surface area (Å²) in [5.74, 6) is 1.49. The van der Waals surface area contributed by atoms with Gasteiger partial charge < -0.3 is 24.6 Å². The van der Waals surface area contributed by atoms with Gasteiger partial charge in [0.05, 0.1) is 19.9 Å². The second-order valence-electron chi connectivity index (χ2n) is 4.92. The maximum absolute atomic E-state index is 5.51. The number of nitrogens with one attached hydrogen (secondary N) is 1. The van der Waals surface area contributed by atoms with Crippen LogP contribution in [0, 0.1) is 0 Å². The number of piperazine rings is 1. The molecule has 1 aliphatic rings. The minimum atomic E-state index is 0.726. The molecule has 0 saturated carbocycles. The molecule has 1 aromatic carbocycles. The highest BCUT2D eigenvalue weighted by Crippen LogP contribution is 2.29. The lowest BCUT2D eigenvalue weighted by Crippen LogP contribution is -2.49. The van der Waals surface area contributed by atoms with E-state index in [0.717, 1.165) is 55.0 Å². The number of benzene rings is 1. The summed E-state index contributed by atoms with van der Waals surface area (Å²) in [7, 11) is 3.28. The molecule has 0 unspecified atom stereocenters. The summed E-state index contributed by atoms with van der Waals surface area (Å²) in [4.78, 5) is 4.62. The molecular weight excluding hydrogens is 286 g/mol. The maximum Gasteiger partial charge on any atom is 0.173 e. The predicted octanol–water partition coefficient (Wildman–Crippen LogP) is 2.04. The first-order valence-corrected chi connectivity index (χ1v) is 7.59. The minimum absolute atomic E-state index is 0.726. The summed E-state index contributed by atoms with van der Waals surface area (Å²) < 4.78 is 10.6. The van der Waals surface area contributed by atoms with Crippen molar-refractivity contribution in [2.45, 2.75) is 6.92 Å². The Morgan fingerprint density at radius 2 is 1.90 bits per heavy atom. The summed E-state index contributed by atoms with van der Waals surface area (Å²) in [5, 5.41) is 4.02. The fourth-order valence-corrected chi connectivity index (χ4v) is 2.66. The SMILES string of the molecule is CCN1CCN(C(=S)Nc2ccc(OC)cc2OC)CC1. The molecule has 1 aromatic rings. The van der Waals surface area contributed by atoms with Gasteiger partial charge in [0.25, 0.3) is 0 Å². The quantitative estimate of drug-likeness (QED) is 0.858. The van der Waals surface area contributed by atoms with Gasteiger partial charge in [0.15, 0.2) is 5.11 Å². The first-order chi connectivity index (χ1) is 10.2. The van der Waals surface area contributed by atoms with E-state index >= 15 is 0 Å². The van der Waals surface area contributed by atoms with E-state index in [1.54, 1.807) is 14.2 Å². The lowest BCUT2D eigenvalue weighted by molar-refractivity contribution is 0.191. The highest BCUT2D eigenvalue weighted by molar-refractivity contribution is 7.80. The van der Waals surface area contributed by atoms with Crippen LogP contribution in [0.15, 0.2) is 18.2 Å². The molecule has 2 rings (SSSR count). The van der Waals surface area contributed by atoms with Crippen molar-refractivity contribution >= 4 is 23.0 Å². The summed E-state index contributed by atoms with van der Waals surface area (Å²) in [5.41, 5.74) is 0.862. The van der Waals surface area contributed by atoms with Crippen molar-refractivity contribution in [2.75, 3.05) is 52.3 Å². The first-order valence-electron chi connectivity index (χ1n) is 7.18. The van der Waals surface area contributed by atoms with Crippen molar-refractivity contribution in [1.29, 1.82) is 0 Å². The number of likely N-dealkylation sites (N-methyl/N-ethyl adjacent to an activating group) is 1. The summed E-state index contributed by atoms with van der Waals surface area (Å²) in [6.07, 6.45) is 0. The summed E-state index contributed by atoms with van der Waals surface area (Å²) >= 11 is 5.51.